The van der Waals surface area contributed by atoms with Crippen LogP contribution in [0.2, 0.25) is 0 Å². The van der Waals surface area contributed by atoms with Gasteiger partial charge >= 0.3 is 5.97 Å². The summed E-state index contributed by atoms with van der Waals surface area (Å²) in [7, 11) is -3.75. The monoisotopic (exact) mass is 458 g/mol. The van der Waals surface area contributed by atoms with Gasteiger partial charge in [-0.2, -0.15) is 4.31 Å². The van der Waals surface area contributed by atoms with Crippen molar-refractivity contribution < 1.29 is 22.7 Å². The van der Waals surface area contributed by atoms with Gasteiger partial charge in [0.15, 0.2) is 5.78 Å². The summed E-state index contributed by atoms with van der Waals surface area (Å²) in [5.41, 5.74) is 3.39. The summed E-state index contributed by atoms with van der Waals surface area (Å²) in [6, 6.07) is 12.1. The minimum Gasteiger partial charge on any atom is -0.466 e. The van der Waals surface area contributed by atoms with Crippen LogP contribution in [-0.2, 0) is 19.6 Å². The normalized spacial score (nSPS) is 15.3. The molecule has 1 fully saturated rings. The second kappa shape index (κ2) is 10.3. The van der Waals surface area contributed by atoms with Crippen LogP contribution >= 0.6 is 0 Å². The smallest absolute Gasteiger partial charge is 0.309 e. The molecule has 2 aromatic rings. The van der Waals surface area contributed by atoms with Gasteiger partial charge in [-0.3, -0.25) is 9.59 Å². The number of carbonyl (C=O) groups is 2. The molecule has 0 aliphatic carbocycles. The van der Waals surface area contributed by atoms with Gasteiger partial charge in [-0.05, 0) is 57.4 Å². The summed E-state index contributed by atoms with van der Waals surface area (Å²) in [5.74, 6) is -0.734. The Hall–Kier alpha value is -2.71. The van der Waals surface area contributed by atoms with Gasteiger partial charge in [0.2, 0.25) is 10.0 Å². The van der Waals surface area contributed by atoms with Gasteiger partial charge in [-0.25, -0.2) is 8.42 Å². The highest BCUT2D eigenvalue weighted by molar-refractivity contribution is 7.89. The van der Waals surface area contributed by atoms with E-state index >= 15 is 0 Å². The largest absolute Gasteiger partial charge is 0.466 e. The number of Topliss-reactive ketones (excluding diaryl/α,β-unsaturated/α-hetero) is 1. The lowest BCUT2D eigenvalue weighted by molar-refractivity contribution is -0.149. The van der Waals surface area contributed by atoms with Gasteiger partial charge in [-0.1, -0.05) is 29.8 Å². The number of carbonyl (C=O) groups excluding carboxylic acids is 2. The number of anilines is 1. The van der Waals surface area contributed by atoms with Gasteiger partial charge in [-0.15, -0.1) is 0 Å². The van der Waals surface area contributed by atoms with Gasteiger partial charge in [0, 0.05) is 24.3 Å². The summed E-state index contributed by atoms with van der Waals surface area (Å²) in [5, 5.41) is 3.13. The molecule has 0 unspecified atom stereocenters. The Kier molecular flexibility index (Phi) is 7.69. The minimum absolute atomic E-state index is 0.0678. The number of nitrogens with zero attached hydrogens (tertiary/aromatic N) is 1. The Morgan fingerprint density at radius 1 is 1.09 bits per heavy atom. The highest BCUT2D eigenvalue weighted by Crippen LogP contribution is 2.25. The van der Waals surface area contributed by atoms with E-state index in [1.807, 2.05) is 32.0 Å². The zero-order valence-corrected chi connectivity index (χ0v) is 19.6. The summed E-state index contributed by atoms with van der Waals surface area (Å²) in [6.45, 7) is 6.61. The van der Waals surface area contributed by atoms with E-state index in [-0.39, 0.29) is 42.2 Å². The molecule has 0 aromatic heterocycles. The molecule has 32 heavy (non-hydrogen) atoms. The van der Waals surface area contributed by atoms with Crippen molar-refractivity contribution in [3.63, 3.8) is 0 Å². The number of piperidine rings is 1. The third-order valence-electron chi connectivity index (χ3n) is 5.69. The van der Waals surface area contributed by atoms with E-state index in [4.69, 9.17) is 4.74 Å². The molecule has 172 valence electrons. The SMILES string of the molecule is CCOC(=O)C1CCN(S(=O)(=O)c2cccc(C(=O)CNc3ccc(C)cc3C)c2)CC1. The first kappa shape index (κ1) is 23.9. The second-order valence-electron chi connectivity index (χ2n) is 8.05. The van der Waals surface area contributed by atoms with E-state index in [1.165, 1.54) is 16.4 Å². The van der Waals surface area contributed by atoms with Crippen molar-refractivity contribution in [2.75, 3.05) is 31.6 Å². The van der Waals surface area contributed by atoms with Crippen LogP contribution in [0.1, 0.15) is 41.3 Å². The number of nitrogens with one attached hydrogen (secondary N) is 1. The molecule has 1 aliphatic heterocycles. The molecule has 8 heteroatoms. The van der Waals surface area contributed by atoms with Crippen molar-refractivity contribution in [1.82, 2.24) is 4.31 Å². The van der Waals surface area contributed by atoms with E-state index in [0.29, 0.717) is 25.0 Å². The van der Waals surface area contributed by atoms with Crippen molar-refractivity contribution in [3.05, 3.63) is 59.2 Å². The molecule has 0 saturated carbocycles. The number of benzene rings is 2. The molecule has 1 saturated heterocycles. The molecular weight excluding hydrogens is 428 g/mol. The van der Waals surface area contributed by atoms with E-state index in [9.17, 15) is 18.0 Å². The Morgan fingerprint density at radius 3 is 2.47 bits per heavy atom. The van der Waals surface area contributed by atoms with Crippen LogP contribution in [0.5, 0.6) is 0 Å². The number of sulfonamides is 1. The Bertz CT molecular complexity index is 1090. The maximum atomic E-state index is 13.1. The van der Waals surface area contributed by atoms with Gasteiger partial charge in [0.05, 0.1) is 24.0 Å². The van der Waals surface area contributed by atoms with Crippen molar-refractivity contribution in [2.24, 2.45) is 5.92 Å². The van der Waals surface area contributed by atoms with Crippen LogP contribution in [0.4, 0.5) is 5.69 Å². The second-order valence-corrected chi connectivity index (χ2v) is 9.99. The Balaban J connectivity index is 1.66. The molecule has 7 nitrogen and oxygen atoms in total. The molecule has 1 heterocycles. The summed E-state index contributed by atoms with van der Waals surface area (Å²) in [4.78, 5) is 24.7. The van der Waals surface area contributed by atoms with Gasteiger partial charge < -0.3 is 10.1 Å². The number of esters is 1. The van der Waals surface area contributed by atoms with Crippen LogP contribution in [0.25, 0.3) is 0 Å². The molecular formula is C24H30N2O5S. The van der Waals surface area contributed by atoms with Crippen molar-refractivity contribution in [1.29, 1.82) is 0 Å². The maximum absolute atomic E-state index is 13.1. The first-order chi connectivity index (χ1) is 15.2. The predicted octanol–water partition coefficient (Wildman–Crippen LogP) is 3.56. The highest BCUT2D eigenvalue weighted by Gasteiger charge is 2.33. The fourth-order valence-corrected chi connectivity index (χ4v) is 5.38. The van der Waals surface area contributed by atoms with E-state index in [2.05, 4.69) is 5.32 Å². The van der Waals surface area contributed by atoms with Crippen molar-refractivity contribution in [2.45, 2.75) is 38.5 Å². The molecule has 2 aromatic carbocycles. The maximum Gasteiger partial charge on any atom is 0.309 e. The number of hydrogen-bond acceptors (Lipinski definition) is 6. The quantitative estimate of drug-likeness (QED) is 0.480. The van der Waals surface area contributed by atoms with Crippen molar-refractivity contribution in [3.8, 4) is 0 Å². The van der Waals surface area contributed by atoms with E-state index in [0.717, 1.165) is 16.8 Å². The summed E-state index contributed by atoms with van der Waals surface area (Å²) in [6.07, 6.45) is 0.854. The van der Waals surface area contributed by atoms with Crippen LogP contribution in [0.3, 0.4) is 0 Å². The standard InChI is InChI=1S/C24H30N2O5S/c1-4-31-24(28)19-10-12-26(13-11-19)32(29,30)21-7-5-6-20(15-21)23(27)16-25-22-9-8-17(2)14-18(22)3/h5-9,14-15,19,25H,4,10-13,16H2,1-3H3. The van der Waals surface area contributed by atoms with Gasteiger partial charge in [0.1, 0.15) is 0 Å². The lowest BCUT2D eigenvalue weighted by Crippen LogP contribution is -2.40. The summed E-state index contributed by atoms with van der Waals surface area (Å²) < 4.78 is 32.6. The zero-order chi connectivity index (χ0) is 23.3. The first-order valence-corrected chi connectivity index (χ1v) is 12.3. The molecule has 0 spiro atoms. The van der Waals surface area contributed by atoms with Crippen LogP contribution in [-0.4, -0.2) is 50.7 Å². The fourth-order valence-electron chi connectivity index (χ4n) is 3.86. The third kappa shape index (κ3) is 5.55. The number of ether oxygens (including phenoxy) is 1. The topological polar surface area (TPSA) is 92.8 Å². The Labute approximate surface area is 189 Å². The minimum atomic E-state index is -3.75. The average molecular weight is 459 g/mol. The van der Waals surface area contributed by atoms with Crippen LogP contribution < -0.4 is 5.32 Å². The lowest BCUT2D eigenvalue weighted by atomic mass is 9.98. The van der Waals surface area contributed by atoms with E-state index < -0.39 is 10.0 Å². The first-order valence-electron chi connectivity index (χ1n) is 10.8. The Morgan fingerprint density at radius 2 is 1.81 bits per heavy atom. The number of hydrogen-bond donors (Lipinski definition) is 1. The molecule has 1 N–H and O–H groups in total. The zero-order valence-electron chi connectivity index (χ0n) is 18.8. The number of rotatable bonds is 8. The molecule has 0 atom stereocenters. The molecule has 0 bridgehead atoms. The highest BCUT2D eigenvalue weighted by atomic mass is 32.2. The lowest BCUT2D eigenvalue weighted by Gasteiger charge is -2.30. The molecule has 3 rings (SSSR count). The predicted molar refractivity (Wildman–Crippen MR) is 123 cm³/mol. The number of aryl methyl sites for hydroxylation is 2. The average Bonchev–Trinajstić information content (AvgIpc) is 2.78. The summed E-state index contributed by atoms with van der Waals surface area (Å²) >= 11 is 0. The van der Waals surface area contributed by atoms with Crippen LogP contribution in [0.15, 0.2) is 47.4 Å². The van der Waals surface area contributed by atoms with E-state index in [1.54, 1.807) is 19.1 Å². The number of ketones is 1. The molecule has 0 radical (unpaired) electrons. The molecule has 1 aliphatic rings. The fraction of sp³-hybridized carbons (Fsp3) is 0.417. The van der Waals surface area contributed by atoms with Crippen LogP contribution in [0, 0.1) is 19.8 Å². The van der Waals surface area contributed by atoms with Gasteiger partial charge in [0.25, 0.3) is 0 Å². The molecule has 0 amide bonds. The third-order valence-corrected chi connectivity index (χ3v) is 7.58. The van der Waals surface area contributed by atoms with Crippen molar-refractivity contribution >= 4 is 27.5 Å².